The lowest BCUT2D eigenvalue weighted by Gasteiger charge is -2.11. The molecule has 0 amide bonds. The summed E-state index contributed by atoms with van der Waals surface area (Å²) in [5.74, 6) is -0.879. The van der Waals surface area contributed by atoms with E-state index in [0.717, 1.165) is 4.31 Å². The van der Waals surface area contributed by atoms with Crippen molar-refractivity contribution in [2.24, 2.45) is 0 Å². The molecule has 1 heterocycles. The number of hydrogen-bond acceptors (Lipinski definition) is 5. The van der Waals surface area contributed by atoms with Crippen molar-refractivity contribution in [3.05, 3.63) is 39.2 Å². The van der Waals surface area contributed by atoms with Gasteiger partial charge < -0.3 is 4.42 Å². The molecule has 2 rings (SSSR count). The first-order valence-corrected chi connectivity index (χ1v) is 6.36. The van der Waals surface area contributed by atoms with E-state index in [9.17, 15) is 18.0 Å². The van der Waals surface area contributed by atoms with E-state index in [1.54, 1.807) is 0 Å². The summed E-state index contributed by atoms with van der Waals surface area (Å²) in [6, 6.07) is 3.84. The summed E-state index contributed by atoms with van der Waals surface area (Å²) in [7, 11) is -0.867. The van der Waals surface area contributed by atoms with Gasteiger partial charge in [-0.1, -0.05) is 0 Å². The molecule has 0 fully saturated rings. The first-order chi connectivity index (χ1) is 8.32. The highest BCUT2D eigenvalue weighted by Gasteiger charge is 2.18. The van der Waals surface area contributed by atoms with Gasteiger partial charge in [0.25, 0.3) is 0 Å². The highest BCUT2D eigenvalue weighted by molar-refractivity contribution is 7.89. The van der Waals surface area contributed by atoms with Crippen molar-refractivity contribution in [3.63, 3.8) is 0 Å². The first kappa shape index (κ1) is 12.5. The summed E-state index contributed by atoms with van der Waals surface area (Å²) in [5.41, 5.74) is -0.640. The molecule has 0 spiro atoms. The molecular formula is C10H10N2O5S. The maximum absolute atomic E-state index is 11.9. The van der Waals surface area contributed by atoms with Crippen LogP contribution in [0, 0.1) is 0 Å². The number of nitrogens with zero attached hydrogens (tertiary/aromatic N) is 1. The molecule has 0 aliphatic rings. The monoisotopic (exact) mass is 270 g/mol. The van der Waals surface area contributed by atoms with Gasteiger partial charge in [-0.2, -0.15) is 0 Å². The smallest absolute Gasteiger partial charge is 0.372 e. The Labute approximate surface area is 102 Å². The Morgan fingerprint density at radius 1 is 1.22 bits per heavy atom. The third-order valence-corrected chi connectivity index (χ3v) is 4.22. The molecule has 0 radical (unpaired) electrons. The number of H-pyrrole nitrogens is 1. The van der Waals surface area contributed by atoms with Crippen molar-refractivity contribution in [1.82, 2.24) is 9.29 Å². The Hall–Kier alpha value is -1.93. The molecular weight excluding hydrogens is 260 g/mol. The molecule has 8 heteroatoms. The number of nitrogens with one attached hydrogen (secondary N) is 1. The highest BCUT2D eigenvalue weighted by Crippen LogP contribution is 2.16. The fraction of sp³-hybridized carbons (Fsp3) is 0.200. The minimum Gasteiger partial charge on any atom is -0.372 e. The zero-order valence-electron chi connectivity index (χ0n) is 9.63. The molecule has 1 N–H and O–H groups in total. The normalized spacial score (nSPS) is 12.2. The van der Waals surface area contributed by atoms with Crippen LogP contribution >= 0.6 is 0 Å². The van der Waals surface area contributed by atoms with Crippen LogP contribution in [-0.2, 0) is 10.0 Å². The third-order valence-electron chi connectivity index (χ3n) is 2.41. The lowest BCUT2D eigenvalue weighted by Crippen LogP contribution is -2.22. The van der Waals surface area contributed by atoms with Crippen LogP contribution in [0.25, 0.3) is 10.9 Å². The predicted octanol–water partition coefficient (Wildman–Crippen LogP) is -0.268. The van der Waals surface area contributed by atoms with E-state index >= 15 is 0 Å². The fourth-order valence-corrected chi connectivity index (χ4v) is 2.38. The SMILES string of the molecule is CN(C)S(=O)(=O)c1ccc2[nH]c(=O)oc(=O)c2c1. The molecule has 7 nitrogen and oxygen atoms in total. The van der Waals surface area contributed by atoms with Crippen LogP contribution in [0.3, 0.4) is 0 Å². The predicted molar refractivity (Wildman–Crippen MR) is 64.0 cm³/mol. The van der Waals surface area contributed by atoms with Crippen molar-refractivity contribution in [3.8, 4) is 0 Å². The summed E-state index contributed by atoms with van der Waals surface area (Å²) in [6.07, 6.45) is 0. The van der Waals surface area contributed by atoms with Crippen LogP contribution < -0.4 is 11.4 Å². The molecule has 0 bridgehead atoms. The number of benzene rings is 1. The van der Waals surface area contributed by atoms with E-state index in [4.69, 9.17) is 0 Å². The standard InChI is InChI=1S/C10H10N2O5S/c1-12(2)18(15,16)6-3-4-8-7(5-6)9(13)17-10(14)11-8/h3-5H,1-2H3,(H,11,14). The van der Waals surface area contributed by atoms with E-state index in [1.165, 1.54) is 32.3 Å². The second kappa shape index (κ2) is 4.07. The summed E-state index contributed by atoms with van der Waals surface area (Å²) in [5, 5.41) is 0.0116. The van der Waals surface area contributed by atoms with Crippen LogP contribution in [0.2, 0.25) is 0 Å². The van der Waals surface area contributed by atoms with Crippen LogP contribution in [0.4, 0.5) is 0 Å². The summed E-state index contributed by atoms with van der Waals surface area (Å²) >= 11 is 0. The van der Waals surface area contributed by atoms with E-state index in [-0.39, 0.29) is 15.8 Å². The molecule has 0 aliphatic heterocycles. The average Bonchev–Trinajstić information content (AvgIpc) is 2.27. The van der Waals surface area contributed by atoms with E-state index < -0.39 is 21.4 Å². The molecule has 18 heavy (non-hydrogen) atoms. The van der Waals surface area contributed by atoms with Crippen molar-refractivity contribution in [2.45, 2.75) is 4.90 Å². The number of sulfonamides is 1. The number of hydrogen-bond donors (Lipinski definition) is 1. The zero-order valence-corrected chi connectivity index (χ0v) is 10.4. The Balaban J connectivity index is 2.81. The summed E-state index contributed by atoms with van der Waals surface area (Å²) in [4.78, 5) is 24.7. The minimum absolute atomic E-state index is 0.0116. The van der Waals surface area contributed by atoms with Crippen LogP contribution in [0.15, 0.2) is 37.1 Å². The highest BCUT2D eigenvalue weighted by atomic mass is 32.2. The molecule has 1 aromatic carbocycles. The topological polar surface area (TPSA) is 100 Å². The molecule has 0 saturated carbocycles. The maximum Gasteiger partial charge on any atom is 0.419 e. The van der Waals surface area contributed by atoms with Gasteiger partial charge in [0.1, 0.15) is 0 Å². The van der Waals surface area contributed by atoms with E-state index in [1.807, 2.05) is 0 Å². The lowest BCUT2D eigenvalue weighted by atomic mass is 10.2. The van der Waals surface area contributed by atoms with Crippen molar-refractivity contribution < 1.29 is 12.8 Å². The van der Waals surface area contributed by atoms with Gasteiger partial charge in [-0.05, 0) is 18.2 Å². The molecule has 0 aliphatic carbocycles. The Morgan fingerprint density at radius 3 is 2.50 bits per heavy atom. The van der Waals surface area contributed by atoms with Crippen molar-refractivity contribution >= 4 is 20.9 Å². The lowest BCUT2D eigenvalue weighted by molar-refractivity contribution is 0.460. The molecule has 1 aromatic heterocycles. The van der Waals surface area contributed by atoms with Gasteiger partial charge in [0.15, 0.2) is 0 Å². The van der Waals surface area contributed by atoms with E-state index in [0.29, 0.717) is 0 Å². The second-order valence-corrected chi connectivity index (χ2v) is 5.95. The second-order valence-electron chi connectivity index (χ2n) is 3.80. The van der Waals surface area contributed by atoms with Gasteiger partial charge in [0.05, 0.1) is 15.8 Å². The van der Waals surface area contributed by atoms with Gasteiger partial charge in [0.2, 0.25) is 10.0 Å². The minimum atomic E-state index is -3.63. The van der Waals surface area contributed by atoms with Gasteiger partial charge >= 0.3 is 11.4 Å². The van der Waals surface area contributed by atoms with Gasteiger partial charge in [-0.15, -0.1) is 0 Å². The van der Waals surface area contributed by atoms with Gasteiger partial charge in [0, 0.05) is 14.1 Å². The maximum atomic E-state index is 11.9. The fourth-order valence-electron chi connectivity index (χ4n) is 1.45. The summed E-state index contributed by atoms with van der Waals surface area (Å²) < 4.78 is 29.1. The molecule has 96 valence electrons. The molecule has 0 saturated heterocycles. The third kappa shape index (κ3) is 1.95. The van der Waals surface area contributed by atoms with Crippen LogP contribution in [-0.4, -0.2) is 31.8 Å². The summed E-state index contributed by atoms with van der Waals surface area (Å²) in [6.45, 7) is 0. The number of aromatic nitrogens is 1. The largest absolute Gasteiger partial charge is 0.419 e. The van der Waals surface area contributed by atoms with Gasteiger partial charge in [-0.3, -0.25) is 4.98 Å². The Morgan fingerprint density at radius 2 is 1.89 bits per heavy atom. The molecule has 2 aromatic rings. The quantitative estimate of drug-likeness (QED) is 0.809. The number of fused-ring (bicyclic) bond motifs is 1. The molecule has 0 unspecified atom stereocenters. The number of rotatable bonds is 2. The Bertz CT molecular complexity index is 816. The van der Waals surface area contributed by atoms with Gasteiger partial charge in [-0.25, -0.2) is 22.3 Å². The van der Waals surface area contributed by atoms with Crippen LogP contribution in [0.5, 0.6) is 0 Å². The average molecular weight is 270 g/mol. The number of aromatic amines is 1. The zero-order chi connectivity index (χ0) is 13.5. The van der Waals surface area contributed by atoms with Crippen LogP contribution in [0.1, 0.15) is 0 Å². The van der Waals surface area contributed by atoms with E-state index in [2.05, 4.69) is 9.40 Å². The Kier molecular flexibility index (Phi) is 2.83. The first-order valence-electron chi connectivity index (χ1n) is 4.92. The van der Waals surface area contributed by atoms with Crippen molar-refractivity contribution in [2.75, 3.05) is 14.1 Å². The van der Waals surface area contributed by atoms with Crippen molar-refractivity contribution in [1.29, 1.82) is 0 Å². The molecule has 0 atom stereocenters.